The van der Waals surface area contributed by atoms with Crippen LogP contribution in [0.2, 0.25) is 5.02 Å². The maximum atomic E-state index is 9.06. The third kappa shape index (κ3) is 4.46. The first-order valence-electron chi connectivity index (χ1n) is 7.10. The van der Waals surface area contributed by atoms with Crippen LogP contribution in [-0.2, 0) is 13.2 Å². The highest BCUT2D eigenvalue weighted by Gasteiger charge is 2.09. The van der Waals surface area contributed by atoms with E-state index in [1.807, 2.05) is 42.5 Å². The number of halogens is 1. The first-order chi connectivity index (χ1) is 10.2. The number of hydrogen-bond donors (Lipinski definition) is 2. The lowest BCUT2D eigenvalue weighted by Gasteiger charge is -2.13. The summed E-state index contributed by atoms with van der Waals surface area (Å²) in [4.78, 5) is 0. The van der Waals surface area contributed by atoms with Gasteiger partial charge in [0, 0.05) is 12.1 Å². The van der Waals surface area contributed by atoms with Crippen molar-refractivity contribution in [1.29, 1.82) is 0 Å². The molecule has 0 amide bonds. The van der Waals surface area contributed by atoms with E-state index in [1.54, 1.807) is 0 Å². The highest BCUT2D eigenvalue weighted by Crippen LogP contribution is 2.33. The zero-order chi connectivity index (χ0) is 15.1. The largest absolute Gasteiger partial charge is 0.455 e. The molecule has 21 heavy (non-hydrogen) atoms. The minimum absolute atomic E-state index is 0.0264. The number of rotatable bonds is 7. The van der Waals surface area contributed by atoms with Crippen LogP contribution in [-0.4, -0.2) is 11.7 Å². The molecule has 112 valence electrons. The smallest absolute Gasteiger partial charge is 0.150 e. The fourth-order valence-electron chi connectivity index (χ4n) is 1.99. The van der Waals surface area contributed by atoms with Gasteiger partial charge in [0.2, 0.25) is 0 Å². The van der Waals surface area contributed by atoms with Gasteiger partial charge in [-0.05, 0) is 36.7 Å². The van der Waals surface area contributed by atoms with Crippen molar-refractivity contribution in [2.24, 2.45) is 0 Å². The Kier molecular flexibility index (Phi) is 6.05. The Bertz CT molecular complexity index is 570. The van der Waals surface area contributed by atoms with Crippen LogP contribution >= 0.6 is 11.6 Å². The monoisotopic (exact) mass is 305 g/mol. The summed E-state index contributed by atoms with van der Waals surface area (Å²) in [6.07, 6.45) is 1.08. The molecule has 0 atom stereocenters. The van der Waals surface area contributed by atoms with E-state index in [9.17, 15) is 0 Å². The molecule has 0 saturated heterocycles. The highest BCUT2D eigenvalue weighted by atomic mass is 35.5. The molecule has 0 fully saturated rings. The van der Waals surface area contributed by atoms with E-state index in [0.29, 0.717) is 16.5 Å². The van der Waals surface area contributed by atoms with Gasteiger partial charge in [-0.15, -0.1) is 0 Å². The van der Waals surface area contributed by atoms with Crippen molar-refractivity contribution < 1.29 is 9.84 Å². The fourth-order valence-corrected chi connectivity index (χ4v) is 2.22. The molecule has 2 rings (SSSR count). The molecule has 2 aromatic rings. The fraction of sp³-hybridized carbons (Fsp3) is 0.294. The van der Waals surface area contributed by atoms with Gasteiger partial charge in [-0.25, -0.2) is 0 Å². The van der Waals surface area contributed by atoms with Gasteiger partial charge in [0.15, 0.2) is 0 Å². The Morgan fingerprint density at radius 2 is 1.90 bits per heavy atom. The van der Waals surface area contributed by atoms with Crippen LogP contribution < -0.4 is 10.1 Å². The first-order valence-corrected chi connectivity index (χ1v) is 7.48. The Morgan fingerprint density at radius 1 is 1.14 bits per heavy atom. The third-order valence-electron chi connectivity index (χ3n) is 3.12. The lowest BCUT2D eigenvalue weighted by atomic mass is 10.2. The minimum Gasteiger partial charge on any atom is -0.455 e. The van der Waals surface area contributed by atoms with Crippen LogP contribution in [0.3, 0.4) is 0 Å². The Labute approximate surface area is 130 Å². The van der Waals surface area contributed by atoms with Gasteiger partial charge >= 0.3 is 0 Å². The van der Waals surface area contributed by atoms with E-state index in [2.05, 4.69) is 12.2 Å². The van der Waals surface area contributed by atoms with Crippen LogP contribution in [0, 0.1) is 0 Å². The van der Waals surface area contributed by atoms with Crippen LogP contribution in [0.5, 0.6) is 11.5 Å². The molecule has 0 aromatic heterocycles. The Balaban J connectivity index is 2.16. The van der Waals surface area contributed by atoms with Gasteiger partial charge in [-0.2, -0.15) is 0 Å². The van der Waals surface area contributed by atoms with Gasteiger partial charge < -0.3 is 15.2 Å². The van der Waals surface area contributed by atoms with E-state index >= 15 is 0 Å². The third-order valence-corrected chi connectivity index (χ3v) is 3.41. The molecule has 4 heteroatoms. The van der Waals surface area contributed by atoms with Gasteiger partial charge in [-0.1, -0.05) is 42.8 Å². The lowest BCUT2D eigenvalue weighted by Crippen LogP contribution is -2.14. The molecule has 0 aliphatic rings. The predicted octanol–water partition coefficient (Wildman–Crippen LogP) is 4.12. The summed E-state index contributed by atoms with van der Waals surface area (Å²) in [7, 11) is 0. The van der Waals surface area contributed by atoms with Crippen molar-refractivity contribution in [3.8, 4) is 11.5 Å². The van der Waals surface area contributed by atoms with E-state index < -0.39 is 0 Å². The topological polar surface area (TPSA) is 41.5 Å². The molecule has 0 unspecified atom stereocenters. The summed E-state index contributed by atoms with van der Waals surface area (Å²) in [5, 5.41) is 13.0. The maximum absolute atomic E-state index is 9.06. The standard InChI is InChI=1S/C17H20ClNO2/c1-2-10-19-11-14-4-3-5-16(18)17(14)21-15-8-6-13(12-20)7-9-15/h3-9,19-20H,2,10-12H2,1H3. The quantitative estimate of drug-likeness (QED) is 0.756. The predicted molar refractivity (Wildman–Crippen MR) is 85.9 cm³/mol. The zero-order valence-electron chi connectivity index (χ0n) is 12.1. The van der Waals surface area contributed by atoms with E-state index in [4.69, 9.17) is 21.4 Å². The summed E-state index contributed by atoms with van der Waals surface area (Å²) in [5.41, 5.74) is 1.88. The van der Waals surface area contributed by atoms with Crippen LogP contribution in [0.25, 0.3) is 0 Å². The molecule has 2 N–H and O–H groups in total. The van der Waals surface area contributed by atoms with E-state index in [0.717, 1.165) is 30.6 Å². The molecule has 0 aliphatic heterocycles. The summed E-state index contributed by atoms with van der Waals surface area (Å²) in [5.74, 6) is 1.39. The first kappa shape index (κ1) is 15.8. The van der Waals surface area contributed by atoms with Crippen LogP contribution in [0.4, 0.5) is 0 Å². The normalized spacial score (nSPS) is 10.6. The highest BCUT2D eigenvalue weighted by molar-refractivity contribution is 6.32. The number of aliphatic hydroxyl groups is 1. The van der Waals surface area contributed by atoms with Crippen molar-refractivity contribution in [1.82, 2.24) is 5.32 Å². The number of nitrogens with one attached hydrogen (secondary N) is 1. The zero-order valence-corrected chi connectivity index (χ0v) is 12.9. The van der Waals surface area contributed by atoms with Crippen molar-refractivity contribution in [2.75, 3.05) is 6.54 Å². The molecular formula is C17H20ClNO2. The number of para-hydroxylation sites is 1. The number of benzene rings is 2. The second kappa shape index (κ2) is 8.03. The molecule has 0 bridgehead atoms. The van der Waals surface area contributed by atoms with E-state index in [1.165, 1.54) is 0 Å². The number of hydrogen-bond acceptors (Lipinski definition) is 3. The molecule has 0 aliphatic carbocycles. The molecule has 2 aromatic carbocycles. The molecule has 0 radical (unpaired) electrons. The van der Waals surface area contributed by atoms with Crippen molar-refractivity contribution >= 4 is 11.6 Å². The Hall–Kier alpha value is -1.55. The summed E-state index contributed by atoms with van der Waals surface area (Å²) >= 11 is 6.26. The second-order valence-corrected chi connectivity index (χ2v) is 5.22. The van der Waals surface area contributed by atoms with Gasteiger partial charge in [-0.3, -0.25) is 0 Å². The average molecular weight is 306 g/mol. The van der Waals surface area contributed by atoms with Crippen molar-refractivity contribution in [3.63, 3.8) is 0 Å². The van der Waals surface area contributed by atoms with Crippen LogP contribution in [0.15, 0.2) is 42.5 Å². The van der Waals surface area contributed by atoms with Gasteiger partial charge in [0.1, 0.15) is 11.5 Å². The summed E-state index contributed by atoms with van der Waals surface area (Å²) < 4.78 is 5.92. The second-order valence-electron chi connectivity index (χ2n) is 4.81. The average Bonchev–Trinajstić information content (AvgIpc) is 2.51. The molecule has 0 spiro atoms. The minimum atomic E-state index is 0.0264. The number of aliphatic hydroxyl groups excluding tert-OH is 1. The van der Waals surface area contributed by atoms with Gasteiger partial charge in [0.05, 0.1) is 11.6 Å². The van der Waals surface area contributed by atoms with Crippen molar-refractivity contribution in [3.05, 3.63) is 58.6 Å². The molecule has 0 saturated carbocycles. The van der Waals surface area contributed by atoms with Crippen LogP contribution in [0.1, 0.15) is 24.5 Å². The molecular weight excluding hydrogens is 286 g/mol. The number of ether oxygens (including phenoxy) is 1. The SMILES string of the molecule is CCCNCc1cccc(Cl)c1Oc1ccc(CO)cc1. The molecule has 0 heterocycles. The molecule has 3 nitrogen and oxygen atoms in total. The van der Waals surface area contributed by atoms with Gasteiger partial charge in [0.25, 0.3) is 0 Å². The maximum Gasteiger partial charge on any atom is 0.150 e. The Morgan fingerprint density at radius 3 is 2.57 bits per heavy atom. The summed E-state index contributed by atoms with van der Waals surface area (Å²) in [6.45, 7) is 3.83. The van der Waals surface area contributed by atoms with E-state index in [-0.39, 0.29) is 6.61 Å². The lowest BCUT2D eigenvalue weighted by molar-refractivity contribution is 0.281. The summed E-state index contributed by atoms with van der Waals surface area (Å²) in [6, 6.07) is 13.1. The van der Waals surface area contributed by atoms with Crippen molar-refractivity contribution in [2.45, 2.75) is 26.5 Å².